The third kappa shape index (κ3) is 3.19. The minimum Gasteiger partial charge on any atom is -0.149 e. The second-order valence-corrected chi connectivity index (χ2v) is 7.32. The Morgan fingerprint density at radius 2 is 2.00 bits per heavy atom. The Morgan fingerprint density at radius 1 is 1.19 bits per heavy atom. The van der Waals surface area contributed by atoms with Crippen LogP contribution in [-0.2, 0) is 6.42 Å². The molecule has 0 saturated heterocycles. The van der Waals surface area contributed by atoms with Crippen LogP contribution in [-0.4, -0.2) is 0 Å². The Kier molecular flexibility index (Phi) is 4.65. The zero-order chi connectivity index (χ0) is 11.5. The van der Waals surface area contributed by atoms with Crippen LogP contribution in [0.15, 0.2) is 44.7 Å². The van der Waals surface area contributed by atoms with E-state index >= 15 is 0 Å². The van der Waals surface area contributed by atoms with Crippen molar-refractivity contribution in [2.45, 2.75) is 11.2 Å². The predicted octanol–water partition coefficient (Wildman–Crippen LogP) is 5.95. The van der Waals surface area contributed by atoms with Crippen molar-refractivity contribution in [2.75, 3.05) is 0 Å². The normalized spacial score (nSPS) is 12.7. The Balaban J connectivity index is 2.17. The number of hydrogen-bond acceptors (Lipinski definition) is 1. The Labute approximate surface area is 124 Å². The van der Waals surface area contributed by atoms with Gasteiger partial charge in [-0.3, -0.25) is 0 Å². The molecule has 2 aromatic rings. The molecule has 0 aliphatic rings. The molecule has 0 nitrogen and oxygen atoms in total. The van der Waals surface area contributed by atoms with Crippen LogP contribution in [0.25, 0.3) is 0 Å². The summed E-state index contributed by atoms with van der Waals surface area (Å²) in [5.41, 5.74) is 1.29. The van der Waals surface area contributed by atoms with Gasteiger partial charge in [-0.25, -0.2) is 0 Å². The average Bonchev–Trinajstić information content (AvgIpc) is 2.70. The van der Waals surface area contributed by atoms with Crippen molar-refractivity contribution in [3.8, 4) is 0 Å². The van der Waals surface area contributed by atoms with Gasteiger partial charge in [-0.1, -0.05) is 59.9 Å². The van der Waals surface area contributed by atoms with Gasteiger partial charge < -0.3 is 0 Å². The molecule has 0 aliphatic carbocycles. The standard InChI is InChI=1S/C12H9Br3S/c13-8-3-4-10(11(14)6-8)12(15)7-9-2-1-5-16-9/h1-6,12H,7H2. The number of benzene rings is 1. The van der Waals surface area contributed by atoms with Gasteiger partial charge in [0.25, 0.3) is 0 Å². The summed E-state index contributed by atoms with van der Waals surface area (Å²) < 4.78 is 2.24. The number of alkyl halides is 1. The second kappa shape index (κ2) is 5.80. The van der Waals surface area contributed by atoms with Crippen molar-refractivity contribution < 1.29 is 0 Å². The molecule has 84 valence electrons. The van der Waals surface area contributed by atoms with Crippen LogP contribution in [0.3, 0.4) is 0 Å². The topological polar surface area (TPSA) is 0 Å². The third-order valence-corrected chi connectivity index (χ3v) is 5.16. The lowest BCUT2D eigenvalue weighted by Crippen LogP contribution is -1.94. The Hall–Kier alpha value is 0.360. The van der Waals surface area contributed by atoms with E-state index in [0.717, 1.165) is 15.4 Å². The van der Waals surface area contributed by atoms with E-state index in [1.54, 1.807) is 11.3 Å². The molecular formula is C12H9Br3S. The largest absolute Gasteiger partial charge is 0.149 e. The van der Waals surface area contributed by atoms with E-state index < -0.39 is 0 Å². The fraction of sp³-hybridized carbons (Fsp3) is 0.167. The number of rotatable bonds is 3. The molecule has 4 heteroatoms. The summed E-state index contributed by atoms with van der Waals surface area (Å²) >= 11 is 12.6. The maximum absolute atomic E-state index is 3.74. The quantitative estimate of drug-likeness (QED) is 0.534. The highest BCUT2D eigenvalue weighted by Gasteiger charge is 2.12. The average molecular weight is 425 g/mol. The van der Waals surface area contributed by atoms with E-state index in [1.165, 1.54) is 10.4 Å². The monoisotopic (exact) mass is 422 g/mol. The first kappa shape index (κ1) is 12.8. The molecule has 1 unspecified atom stereocenters. The molecule has 0 bridgehead atoms. The molecule has 1 aromatic heterocycles. The van der Waals surface area contributed by atoms with Crippen LogP contribution in [0.4, 0.5) is 0 Å². The molecule has 0 radical (unpaired) electrons. The Bertz CT molecular complexity index is 465. The van der Waals surface area contributed by atoms with Crippen molar-refractivity contribution in [3.05, 3.63) is 55.1 Å². The highest BCUT2D eigenvalue weighted by molar-refractivity contribution is 9.11. The molecule has 0 saturated carbocycles. The lowest BCUT2D eigenvalue weighted by Gasteiger charge is -2.11. The molecule has 0 N–H and O–H groups in total. The summed E-state index contributed by atoms with van der Waals surface area (Å²) in [7, 11) is 0. The second-order valence-electron chi connectivity index (χ2n) is 3.42. The van der Waals surface area contributed by atoms with Gasteiger partial charge in [0.2, 0.25) is 0 Å². The van der Waals surface area contributed by atoms with Gasteiger partial charge in [-0.15, -0.1) is 11.3 Å². The van der Waals surface area contributed by atoms with E-state index in [2.05, 4.69) is 83.5 Å². The van der Waals surface area contributed by atoms with Crippen LogP contribution in [0.5, 0.6) is 0 Å². The number of halogens is 3. The van der Waals surface area contributed by atoms with Gasteiger partial charge in [0.05, 0.1) is 0 Å². The summed E-state index contributed by atoms with van der Waals surface area (Å²) in [4.78, 5) is 1.75. The van der Waals surface area contributed by atoms with Crippen LogP contribution >= 0.6 is 59.1 Å². The first-order chi connectivity index (χ1) is 7.66. The van der Waals surface area contributed by atoms with Gasteiger partial charge in [0.1, 0.15) is 0 Å². The van der Waals surface area contributed by atoms with Crippen LogP contribution in [0.1, 0.15) is 15.3 Å². The Morgan fingerprint density at radius 3 is 2.62 bits per heavy atom. The fourth-order valence-corrected chi connectivity index (χ4v) is 4.82. The van der Waals surface area contributed by atoms with E-state index in [0.29, 0.717) is 4.83 Å². The first-order valence-electron chi connectivity index (χ1n) is 4.78. The zero-order valence-electron chi connectivity index (χ0n) is 8.29. The fourth-order valence-electron chi connectivity index (χ4n) is 1.47. The number of hydrogen-bond donors (Lipinski definition) is 0. The molecule has 0 fully saturated rings. The third-order valence-electron chi connectivity index (χ3n) is 2.26. The van der Waals surface area contributed by atoms with Crippen LogP contribution in [0.2, 0.25) is 0 Å². The van der Waals surface area contributed by atoms with Crippen LogP contribution < -0.4 is 0 Å². The smallest absolute Gasteiger partial charge is 0.0454 e. The molecular weight excluding hydrogens is 416 g/mol. The van der Waals surface area contributed by atoms with E-state index in [-0.39, 0.29) is 0 Å². The lowest BCUT2D eigenvalue weighted by atomic mass is 10.1. The van der Waals surface area contributed by atoms with Crippen molar-refractivity contribution in [2.24, 2.45) is 0 Å². The molecule has 1 heterocycles. The summed E-state index contributed by atoms with van der Waals surface area (Å²) in [6.45, 7) is 0. The van der Waals surface area contributed by atoms with E-state index in [4.69, 9.17) is 0 Å². The van der Waals surface area contributed by atoms with Crippen molar-refractivity contribution in [1.82, 2.24) is 0 Å². The predicted molar refractivity (Wildman–Crippen MR) is 81.5 cm³/mol. The van der Waals surface area contributed by atoms with Crippen molar-refractivity contribution in [3.63, 3.8) is 0 Å². The SMILES string of the molecule is Brc1ccc(C(Br)Cc2cccs2)c(Br)c1. The molecule has 0 spiro atoms. The zero-order valence-corrected chi connectivity index (χ0v) is 13.9. The molecule has 1 aromatic carbocycles. The molecule has 2 rings (SSSR count). The van der Waals surface area contributed by atoms with Gasteiger partial charge >= 0.3 is 0 Å². The summed E-state index contributed by atoms with van der Waals surface area (Å²) in [5, 5.41) is 2.12. The summed E-state index contributed by atoms with van der Waals surface area (Å²) in [6.07, 6.45) is 1.03. The highest BCUT2D eigenvalue weighted by Crippen LogP contribution is 2.34. The van der Waals surface area contributed by atoms with Crippen molar-refractivity contribution >= 4 is 59.1 Å². The maximum Gasteiger partial charge on any atom is 0.0454 e. The molecule has 16 heavy (non-hydrogen) atoms. The molecule has 1 atom stereocenters. The molecule has 0 aliphatic heterocycles. The summed E-state index contributed by atoms with van der Waals surface area (Å²) in [6, 6.07) is 10.6. The summed E-state index contributed by atoms with van der Waals surface area (Å²) in [5.74, 6) is 0. The van der Waals surface area contributed by atoms with Gasteiger partial charge in [0, 0.05) is 18.6 Å². The number of thiophene rings is 1. The van der Waals surface area contributed by atoms with Gasteiger partial charge in [-0.05, 0) is 35.6 Å². The maximum atomic E-state index is 3.74. The lowest BCUT2D eigenvalue weighted by molar-refractivity contribution is 0.962. The molecule has 0 amide bonds. The van der Waals surface area contributed by atoms with E-state index in [9.17, 15) is 0 Å². The van der Waals surface area contributed by atoms with Gasteiger partial charge in [-0.2, -0.15) is 0 Å². The van der Waals surface area contributed by atoms with Gasteiger partial charge in [0.15, 0.2) is 0 Å². The van der Waals surface area contributed by atoms with Crippen LogP contribution in [0, 0.1) is 0 Å². The van der Waals surface area contributed by atoms with Crippen molar-refractivity contribution in [1.29, 1.82) is 0 Å². The first-order valence-corrected chi connectivity index (χ1v) is 8.16. The minimum absolute atomic E-state index is 0.355. The van der Waals surface area contributed by atoms with E-state index in [1.807, 2.05) is 0 Å². The highest BCUT2D eigenvalue weighted by atomic mass is 79.9. The minimum atomic E-state index is 0.355.